The third kappa shape index (κ3) is 5.44. The Bertz CT molecular complexity index is 1360. The molecular formula is C28H36ClN3O4SSi. The Morgan fingerprint density at radius 3 is 2.82 bits per heavy atom. The summed E-state index contributed by atoms with van der Waals surface area (Å²) in [6.45, 7) is 14.0. The fourth-order valence-electron chi connectivity index (χ4n) is 5.17. The minimum absolute atomic E-state index is 0.0667. The molecule has 204 valence electrons. The minimum atomic E-state index is -1.88. The van der Waals surface area contributed by atoms with Crippen molar-refractivity contribution in [3.05, 3.63) is 45.9 Å². The Labute approximate surface area is 234 Å². The molecule has 10 heteroatoms. The number of halogens is 1. The molecule has 3 aromatic rings. The highest BCUT2D eigenvalue weighted by atomic mass is 35.5. The second kappa shape index (κ2) is 10.4. The van der Waals surface area contributed by atoms with Crippen LogP contribution in [0.25, 0.3) is 21.3 Å². The van der Waals surface area contributed by atoms with Crippen LogP contribution in [0, 0.1) is 0 Å². The fourth-order valence-corrected chi connectivity index (χ4v) is 7.49. The van der Waals surface area contributed by atoms with Gasteiger partial charge in [-0.2, -0.15) is 0 Å². The average molecular weight is 574 g/mol. The summed E-state index contributed by atoms with van der Waals surface area (Å²) in [6, 6.07) is 8.20. The van der Waals surface area contributed by atoms with Gasteiger partial charge in [0.1, 0.15) is 5.75 Å². The molecule has 0 saturated carbocycles. The van der Waals surface area contributed by atoms with E-state index in [0.717, 1.165) is 56.9 Å². The van der Waals surface area contributed by atoms with Gasteiger partial charge >= 0.3 is 6.09 Å². The van der Waals surface area contributed by atoms with E-state index in [0.29, 0.717) is 24.8 Å². The van der Waals surface area contributed by atoms with E-state index in [4.69, 9.17) is 20.8 Å². The predicted molar refractivity (Wildman–Crippen MR) is 156 cm³/mol. The number of fused-ring (bicyclic) bond motifs is 2. The van der Waals surface area contributed by atoms with Gasteiger partial charge in [0.05, 0.1) is 23.4 Å². The molecule has 0 radical (unpaired) electrons. The van der Waals surface area contributed by atoms with Crippen LogP contribution in [0.1, 0.15) is 50.1 Å². The Kier molecular flexibility index (Phi) is 7.52. The van der Waals surface area contributed by atoms with Crippen molar-refractivity contribution >= 4 is 47.6 Å². The molecule has 0 bridgehead atoms. The molecule has 1 saturated heterocycles. The van der Waals surface area contributed by atoms with Crippen LogP contribution in [0.2, 0.25) is 23.2 Å². The van der Waals surface area contributed by atoms with Gasteiger partial charge in [-0.25, -0.2) is 4.79 Å². The number of carboxylic acid groups (broad SMARTS) is 1. The molecule has 2 aliphatic heterocycles. The van der Waals surface area contributed by atoms with Crippen LogP contribution in [0.5, 0.6) is 5.75 Å². The third-order valence-electron chi connectivity index (χ3n) is 8.21. The number of nitrogens with one attached hydrogen (secondary N) is 1. The standard InChI is InChI=1S/C28H36ClN3O4SSi/c1-28(2,3)38(4,5)36-16-19-14-22-26(37-19)20(6-9-30-22)21-12-17(29)13-24-25(21)23(8-11-35-24)32-10-7-18(15-32)31-27(33)34/h6,9,12-14,18,23,31H,7-8,10-11,15-16H2,1-5H3,(H,33,34). The third-order valence-corrected chi connectivity index (χ3v) is 14.0. The van der Waals surface area contributed by atoms with Gasteiger partial charge in [0.15, 0.2) is 8.32 Å². The Balaban J connectivity index is 1.51. The topological polar surface area (TPSA) is 83.9 Å². The van der Waals surface area contributed by atoms with E-state index in [9.17, 15) is 9.90 Å². The number of rotatable bonds is 6. The maximum Gasteiger partial charge on any atom is 0.404 e. The summed E-state index contributed by atoms with van der Waals surface area (Å²) >= 11 is 8.35. The lowest BCUT2D eigenvalue weighted by molar-refractivity contribution is 0.161. The number of thiophene rings is 1. The molecule has 2 aromatic heterocycles. The molecule has 2 atom stereocenters. The zero-order chi connectivity index (χ0) is 27.2. The van der Waals surface area contributed by atoms with E-state index < -0.39 is 14.4 Å². The van der Waals surface area contributed by atoms with Crippen LogP contribution >= 0.6 is 22.9 Å². The van der Waals surface area contributed by atoms with Crippen LogP contribution < -0.4 is 10.1 Å². The molecule has 2 aliphatic rings. The quantitative estimate of drug-likeness (QED) is 0.301. The summed E-state index contributed by atoms with van der Waals surface area (Å²) in [4.78, 5) is 19.4. The fraction of sp³-hybridized carbons (Fsp3) is 0.500. The molecule has 2 unspecified atom stereocenters. The molecule has 1 fully saturated rings. The second-order valence-electron chi connectivity index (χ2n) is 11.8. The summed E-state index contributed by atoms with van der Waals surface area (Å²) < 4.78 is 13.8. The monoisotopic (exact) mass is 573 g/mol. The zero-order valence-electron chi connectivity index (χ0n) is 22.6. The molecule has 4 heterocycles. The molecule has 1 aromatic carbocycles. The van der Waals surface area contributed by atoms with Gasteiger partial charge in [-0.15, -0.1) is 11.3 Å². The molecule has 2 N–H and O–H groups in total. The van der Waals surface area contributed by atoms with Gasteiger partial charge in [-0.1, -0.05) is 32.4 Å². The molecule has 0 spiro atoms. The first kappa shape index (κ1) is 27.4. The van der Waals surface area contributed by atoms with Crippen LogP contribution in [0.3, 0.4) is 0 Å². The first-order valence-electron chi connectivity index (χ1n) is 13.1. The van der Waals surface area contributed by atoms with E-state index in [2.05, 4.69) is 61.2 Å². The lowest BCUT2D eigenvalue weighted by Crippen LogP contribution is -2.40. The zero-order valence-corrected chi connectivity index (χ0v) is 25.2. The van der Waals surface area contributed by atoms with E-state index in [1.165, 1.54) is 0 Å². The van der Waals surface area contributed by atoms with Crippen LogP contribution in [-0.4, -0.2) is 55.1 Å². The SMILES string of the molecule is CC(C)(C)[Si](C)(C)OCc1cc2nccc(-c3cc(Cl)cc4c3C(N3CCC(NC(=O)O)C3)CCO4)c2s1. The first-order valence-corrected chi connectivity index (χ1v) is 17.2. The van der Waals surface area contributed by atoms with Crippen molar-refractivity contribution in [3.8, 4) is 16.9 Å². The lowest BCUT2D eigenvalue weighted by Gasteiger charge is -2.36. The summed E-state index contributed by atoms with van der Waals surface area (Å²) in [5.41, 5.74) is 4.22. The summed E-state index contributed by atoms with van der Waals surface area (Å²) in [5, 5.41) is 12.6. The Morgan fingerprint density at radius 1 is 1.29 bits per heavy atom. The van der Waals surface area contributed by atoms with Gasteiger partial charge in [0.2, 0.25) is 0 Å². The Hall–Kier alpha value is -2.17. The summed E-state index contributed by atoms with van der Waals surface area (Å²) in [6.07, 6.45) is 2.52. The predicted octanol–water partition coefficient (Wildman–Crippen LogP) is 7.30. The van der Waals surface area contributed by atoms with Crippen molar-refractivity contribution in [1.29, 1.82) is 0 Å². The highest BCUT2D eigenvalue weighted by molar-refractivity contribution is 7.19. The maximum absolute atomic E-state index is 11.2. The molecule has 0 aliphatic carbocycles. The number of nitrogens with zero attached hydrogens (tertiary/aromatic N) is 2. The number of pyridine rings is 1. The number of carbonyl (C=O) groups is 1. The van der Waals surface area contributed by atoms with Crippen molar-refractivity contribution in [2.75, 3.05) is 19.7 Å². The molecule has 7 nitrogen and oxygen atoms in total. The normalized spacial score (nSPS) is 20.4. The van der Waals surface area contributed by atoms with Crippen molar-refractivity contribution < 1.29 is 19.1 Å². The number of benzene rings is 1. The summed E-state index contributed by atoms with van der Waals surface area (Å²) in [5.74, 6) is 0.807. The van der Waals surface area contributed by atoms with Crippen molar-refractivity contribution in [3.63, 3.8) is 0 Å². The minimum Gasteiger partial charge on any atom is -0.493 e. The number of amides is 1. The smallest absolute Gasteiger partial charge is 0.404 e. The van der Waals surface area contributed by atoms with Gasteiger partial charge in [-0.05, 0) is 54.4 Å². The van der Waals surface area contributed by atoms with E-state index in [1.807, 2.05) is 18.3 Å². The van der Waals surface area contributed by atoms with Crippen LogP contribution in [0.15, 0.2) is 30.5 Å². The van der Waals surface area contributed by atoms with E-state index in [-0.39, 0.29) is 17.1 Å². The summed E-state index contributed by atoms with van der Waals surface area (Å²) in [7, 11) is -1.88. The van der Waals surface area contributed by atoms with Crippen molar-refractivity contribution in [2.24, 2.45) is 0 Å². The molecule has 5 rings (SSSR count). The molecule has 38 heavy (non-hydrogen) atoms. The van der Waals surface area contributed by atoms with Gasteiger partial charge in [0, 0.05) is 58.8 Å². The van der Waals surface area contributed by atoms with Crippen LogP contribution in [-0.2, 0) is 11.0 Å². The number of hydrogen-bond acceptors (Lipinski definition) is 6. The molecule has 1 amide bonds. The number of hydrogen-bond donors (Lipinski definition) is 2. The van der Waals surface area contributed by atoms with Crippen LogP contribution in [0.4, 0.5) is 4.79 Å². The van der Waals surface area contributed by atoms with Gasteiger partial charge < -0.3 is 19.6 Å². The largest absolute Gasteiger partial charge is 0.493 e. The number of ether oxygens (including phenoxy) is 1. The van der Waals surface area contributed by atoms with Crippen molar-refractivity contribution in [1.82, 2.24) is 15.2 Å². The van der Waals surface area contributed by atoms with E-state index >= 15 is 0 Å². The Morgan fingerprint density at radius 2 is 2.08 bits per heavy atom. The lowest BCUT2D eigenvalue weighted by atomic mass is 9.90. The first-order chi connectivity index (χ1) is 17.9. The highest BCUT2D eigenvalue weighted by Gasteiger charge is 2.38. The number of likely N-dealkylation sites (tertiary alicyclic amines) is 1. The molecular weight excluding hydrogens is 538 g/mol. The van der Waals surface area contributed by atoms with Gasteiger partial charge in [0.25, 0.3) is 0 Å². The van der Waals surface area contributed by atoms with Gasteiger partial charge in [-0.3, -0.25) is 9.88 Å². The van der Waals surface area contributed by atoms with Crippen molar-refractivity contribution in [2.45, 2.75) is 70.4 Å². The van der Waals surface area contributed by atoms with E-state index in [1.54, 1.807) is 11.3 Å². The second-order valence-corrected chi connectivity index (χ2v) is 18.2. The number of aromatic nitrogens is 1. The maximum atomic E-state index is 11.2. The highest BCUT2D eigenvalue weighted by Crippen LogP contribution is 2.47. The average Bonchev–Trinajstić information content (AvgIpc) is 3.47.